The first kappa shape index (κ1) is 29.4. The van der Waals surface area contributed by atoms with Gasteiger partial charge >= 0.3 is 0 Å². The number of Topliss-reactive ketones (excluding diaryl/α,β-unsaturated/α-hetero) is 1. The Hall–Kier alpha value is -4.63. The summed E-state index contributed by atoms with van der Waals surface area (Å²) < 4.78 is 25.8. The fourth-order valence-corrected chi connectivity index (χ4v) is 5.45. The van der Waals surface area contributed by atoms with Gasteiger partial charge < -0.3 is 20.3 Å². The molecule has 0 unspecified atom stereocenters. The highest BCUT2D eigenvalue weighted by Gasteiger charge is 2.45. The Balaban J connectivity index is 1.31. The molecule has 1 aliphatic carbocycles. The van der Waals surface area contributed by atoms with Gasteiger partial charge in [0.15, 0.2) is 5.78 Å². The van der Waals surface area contributed by atoms with Crippen LogP contribution in [0.15, 0.2) is 67.0 Å². The molecular formula is C35H34FN3O5. The van der Waals surface area contributed by atoms with E-state index >= 15 is 0 Å². The number of carbonyl (C=O) groups is 2. The van der Waals surface area contributed by atoms with Gasteiger partial charge in [0.25, 0.3) is 0 Å². The molecule has 1 saturated carbocycles. The quantitative estimate of drug-likeness (QED) is 0.222. The molecule has 0 radical (unpaired) electrons. The molecule has 3 heterocycles. The smallest absolute Gasteiger partial charge is 0.231 e. The topological polar surface area (TPSA) is 125 Å². The molecule has 2 atom stereocenters. The van der Waals surface area contributed by atoms with Gasteiger partial charge in [0.2, 0.25) is 5.91 Å². The van der Waals surface area contributed by atoms with Crippen molar-refractivity contribution in [3.05, 3.63) is 95.2 Å². The Kier molecular flexibility index (Phi) is 7.45. The number of hydrogen-bond acceptors (Lipinski definition) is 7. The average molecular weight is 596 g/mol. The molecule has 226 valence electrons. The third-order valence-electron chi connectivity index (χ3n) is 8.55. The maximum atomic E-state index is 13.7. The lowest BCUT2D eigenvalue weighted by Gasteiger charge is -2.26. The number of rotatable bonds is 10. The number of fused-ring (bicyclic) bond motifs is 1. The van der Waals surface area contributed by atoms with Crippen LogP contribution in [0.2, 0.25) is 0 Å². The second-order valence-corrected chi connectivity index (χ2v) is 12.1. The Morgan fingerprint density at radius 1 is 1.14 bits per heavy atom. The van der Waals surface area contributed by atoms with Crippen LogP contribution in [0.25, 0.3) is 22.4 Å². The number of aliphatic hydroxyl groups is 1. The van der Waals surface area contributed by atoms with Gasteiger partial charge in [-0.2, -0.15) is 0 Å². The van der Waals surface area contributed by atoms with Crippen molar-refractivity contribution in [2.45, 2.75) is 63.6 Å². The second kappa shape index (κ2) is 11.1. The number of aryl methyl sites for hydroxylation is 1. The maximum Gasteiger partial charge on any atom is 0.231 e. The molecule has 8 nitrogen and oxygen atoms in total. The lowest BCUT2D eigenvalue weighted by Crippen LogP contribution is -2.40. The van der Waals surface area contributed by atoms with Gasteiger partial charge in [0.05, 0.1) is 11.8 Å². The first-order valence-electron chi connectivity index (χ1n) is 14.7. The van der Waals surface area contributed by atoms with Crippen LogP contribution >= 0.6 is 0 Å². The summed E-state index contributed by atoms with van der Waals surface area (Å²) in [5.74, 6) is -0.0601. The van der Waals surface area contributed by atoms with Crippen molar-refractivity contribution in [1.82, 2.24) is 9.97 Å². The van der Waals surface area contributed by atoms with E-state index in [-0.39, 0.29) is 37.0 Å². The Labute approximate surface area is 255 Å². The third kappa shape index (κ3) is 5.55. The van der Waals surface area contributed by atoms with Gasteiger partial charge in [-0.15, -0.1) is 0 Å². The largest absolute Gasteiger partial charge is 0.490 e. The molecule has 3 N–H and O–H groups in total. The summed E-state index contributed by atoms with van der Waals surface area (Å²) in [5.41, 5.74) is 7.94. The van der Waals surface area contributed by atoms with Crippen LogP contribution in [0.5, 0.6) is 11.5 Å². The number of aromatic nitrogens is 2. The maximum absolute atomic E-state index is 13.7. The number of nitrogens with zero attached hydrogens (tertiary/aromatic N) is 2. The molecule has 4 aromatic rings. The van der Waals surface area contributed by atoms with Crippen LogP contribution in [-0.4, -0.2) is 39.5 Å². The summed E-state index contributed by atoms with van der Waals surface area (Å²) in [6.45, 7) is 5.24. The van der Waals surface area contributed by atoms with Gasteiger partial charge in [0, 0.05) is 41.1 Å². The van der Waals surface area contributed by atoms with Crippen LogP contribution in [0.4, 0.5) is 4.39 Å². The summed E-state index contributed by atoms with van der Waals surface area (Å²) in [4.78, 5) is 34.9. The van der Waals surface area contributed by atoms with E-state index in [1.807, 2.05) is 25.1 Å². The second-order valence-electron chi connectivity index (χ2n) is 12.1. The van der Waals surface area contributed by atoms with Gasteiger partial charge in [-0.3, -0.25) is 14.6 Å². The van der Waals surface area contributed by atoms with E-state index in [9.17, 15) is 19.1 Å². The molecule has 6 rings (SSSR count). The fraction of sp³-hybridized carbons (Fsp3) is 0.314. The highest BCUT2D eigenvalue weighted by Crippen LogP contribution is 2.46. The summed E-state index contributed by atoms with van der Waals surface area (Å²) >= 11 is 0. The van der Waals surface area contributed by atoms with Crippen molar-refractivity contribution in [3.8, 4) is 33.9 Å². The number of halogens is 1. The minimum Gasteiger partial charge on any atom is -0.490 e. The molecule has 1 aliphatic heterocycles. The van der Waals surface area contributed by atoms with Gasteiger partial charge in [-0.1, -0.05) is 0 Å². The summed E-state index contributed by atoms with van der Waals surface area (Å²) in [6, 6.07) is 14.7. The molecule has 0 spiro atoms. The van der Waals surface area contributed by atoms with Crippen LogP contribution in [0.3, 0.4) is 0 Å². The van der Waals surface area contributed by atoms with Crippen molar-refractivity contribution in [2.24, 2.45) is 5.73 Å². The number of amides is 1. The molecule has 9 heteroatoms. The van der Waals surface area contributed by atoms with Crippen molar-refractivity contribution >= 4 is 11.7 Å². The first-order valence-corrected chi connectivity index (χ1v) is 14.7. The zero-order valence-corrected chi connectivity index (χ0v) is 24.9. The number of ether oxygens (including phenoxy) is 2. The number of nitrogens with two attached hydrogens (primary N) is 1. The van der Waals surface area contributed by atoms with Crippen LogP contribution < -0.4 is 15.2 Å². The first-order chi connectivity index (χ1) is 21.0. The summed E-state index contributed by atoms with van der Waals surface area (Å²) in [5, 5.41) is 11.7. The Morgan fingerprint density at radius 3 is 2.57 bits per heavy atom. The van der Waals surface area contributed by atoms with Crippen LogP contribution in [0, 0.1) is 12.7 Å². The number of primary amides is 1. The molecule has 0 saturated heterocycles. The molecule has 2 aliphatic rings. The molecule has 44 heavy (non-hydrogen) atoms. The highest BCUT2D eigenvalue weighted by molar-refractivity contribution is 5.98. The average Bonchev–Trinajstić information content (AvgIpc) is 3.76. The van der Waals surface area contributed by atoms with Crippen molar-refractivity contribution in [1.29, 1.82) is 0 Å². The van der Waals surface area contributed by atoms with Crippen molar-refractivity contribution < 1.29 is 28.6 Å². The van der Waals surface area contributed by atoms with E-state index in [0.717, 1.165) is 35.3 Å². The fourth-order valence-electron chi connectivity index (χ4n) is 5.45. The molecule has 0 bridgehead atoms. The van der Waals surface area contributed by atoms with E-state index in [0.29, 0.717) is 28.1 Å². The predicted octanol–water partition coefficient (Wildman–Crippen LogP) is 5.81. The SMILES string of the molecule is Cc1cnccc1-c1cc(C(=O)CC[C@](C)(O)c2cc3c(c(-c4ccc(F)cc4)n2)OC[C@]3(C)C(N)=O)ccc1OC1CC1. The monoisotopic (exact) mass is 595 g/mol. The van der Waals surface area contributed by atoms with Crippen LogP contribution in [0.1, 0.15) is 66.7 Å². The third-order valence-corrected chi connectivity index (χ3v) is 8.55. The van der Waals surface area contributed by atoms with E-state index in [2.05, 4.69) is 4.98 Å². The van der Waals surface area contributed by atoms with Gasteiger partial charge in [-0.25, -0.2) is 9.37 Å². The molecule has 2 aromatic carbocycles. The Morgan fingerprint density at radius 2 is 1.89 bits per heavy atom. The zero-order chi connectivity index (χ0) is 31.2. The van der Waals surface area contributed by atoms with E-state index in [4.69, 9.17) is 20.2 Å². The van der Waals surface area contributed by atoms with E-state index in [1.165, 1.54) is 12.1 Å². The minimum absolute atomic E-state index is 0.0113. The summed E-state index contributed by atoms with van der Waals surface area (Å²) in [7, 11) is 0. The van der Waals surface area contributed by atoms with Gasteiger partial charge in [0.1, 0.15) is 40.6 Å². The number of carbonyl (C=O) groups excluding carboxylic acids is 2. The van der Waals surface area contributed by atoms with Crippen molar-refractivity contribution in [3.63, 3.8) is 0 Å². The van der Waals surface area contributed by atoms with Gasteiger partial charge in [-0.05, 0) is 106 Å². The Bertz CT molecular complexity index is 1770. The van der Waals surface area contributed by atoms with Crippen LogP contribution in [-0.2, 0) is 15.8 Å². The van der Waals surface area contributed by atoms with E-state index < -0.39 is 22.7 Å². The molecule has 1 fully saturated rings. The molecular weight excluding hydrogens is 561 g/mol. The standard InChI is InChI=1S/C35H34FN3O5/c1-20-18-38-15-13-25(20)26-16-22(6-11-29(26)44-24-9-10-24)28(40)12-14-35(3,42)30-17-27-32(43-19-34(27,2)33(37)41)31(39-30)21-4-7-23(36)8-5-21/h4-8,11,13,15-18,24,42H,9-10,12,14,19H2,1-3H3,(H2,37,41)/t34-,35-/m0/s1. The lowest BCUT2D eigenvalue weighted by molar-refractivity contribution is -0.123. The molecule has 2 aromatic heterocycles. The lowest BCUT2D eigenvalue weighted by atomic mass is 9.81. The zero-order valence-electron chi connectivity index (χ0n) is 24.9. The summed E-state index contributed by atoms with van der Waals surface area (Å²) in [6.07, 6.45) is 5.78. The highest BCUT2D eigenvalue weighted by atomic mass is 19.1. The van der Waals surface area contributed by atoms with E-state index in [1.54, 1.807) is 50.5 Å². The van der Waals surface area contributed by atoms with Crippen molar-refractivity contribution in [2.75, 3.05) is 6.61 Å². The molecule has 1 amide bonds. The number of hydrogen-bond donors (Lipinski definition) is 2. The minimum atomic E-state index is -1.56. The predicted molar refractivity (Wildman–Crippen MR) is 163 cm³/mol. The normalized spacial score (nSPS) is 18.7. The number of benzene rings is 2. The number of ketones is 1. The number of pyridine rings is 2.